The van der Waals surface area contributed by atoms with Gasteiger partial charge in [0.25, 0.3) is 0 Å². The number of rotatable bonds is 9. The lowest BCUT2D eigenvalue weighted by Gasteiger charge is -2.19. The van der Waals surface area contributed by atoms with Crippen LogP contribution in [0, 0.1) is 11.3 Å². The Labute approximate surface area is 178 Å². The van der Waals surface area contributed by atoms with Crippen LogP contribution >= 0.6 is 0 Å². The fraction of sp³-hybridized carbons (Fsp3) is 0.609. The highest BCUT2D eigenvalue weighted by atomic mass is 16.5. The molecule has 7 nitrogen and oxygen atoms in total. The van der Waals surface area contributed by atoms with E-state index in [-0.39, 0.29) is 6.04 Å². The minimum Gasteiger partial charge on any atom is -0.481 e. The topological polar surface area (TPSA) is 83.3 Å². The molecule has 1 N–H and O–H groups in total. The van der Waals surface area contributed by atoms with Gasteiger partial charge in [-0.2, -0.15) is 5.26 Å². The Morgan fingerprint density at radius 2 is 2.07 bits per heavy atom. The molecular formula is C23H31N5O2. The number of anilines is 1. The fourth-order valence-electron chi connectivity index (χ4n) is 4.46. The number of nitrogens with zero attached hydrogens (tertiary/aromatic N) is 4. The molecule has 0 radical (unpaired) electrons. The number of nitriles is 1. The number of likely N-dealkylation sites (tertiary alicyclic amines) is 1. The number of fused-ring (bicyclic) bond motifs is 2. The van der Waals surface area contributed by atoms with Crippen LogP contribution in [-0.2, 0) is 24.2 Å². The first-order chi connectivity index (χ1) is 14.7. The Bertz CT molecular complexity index is 934. The van der Waals surface area contributed by atoms with E-state index in [1.807, 2.05) is 6.92 Å². The molecule has 1 aliphatic heterocycles. The number of ether oxygens (including phenoxy) is 2. The van der Waals surface area contributed by atoms with E-state index in [1.165, 1.54) is 31.5 Å². The van der Waals surface area contributed by atoms with Crippen LogP contribution in [0.1, 0.15) is 49.4 Å². The third kappa shape index (κ3) is 4.50. The molecule has 0 amide bonds. The highest BCUT2D eigenvalue weighted by Gasteiger charge is 2.23. The summed E-state index contributed by atoms with van der Waals surface area (Å²) < 4.78 is 11.6. The van der Waals surface area contributed by atoms with Crippen molar-refractivity contribution in [2.75, 3.05) is 38.7 Å². The highest BCUT2D eigenvalue weighted by molar-refractivity contribution is 5.91. The summed E-state index contributed by atoms with van der Waals surface area (Å²) in [6.07, 6.45) is 6.11. The zero-order valence-electron chi connectivity index (χ0n) is 18.0. The maximum Gasteiger partial charge on any atom is 0.219 e. The summed E-state index contributed by atoms with van der Waals surface area (Å²) in [4.78, 5) is 12.2. The molecule has 1 unspecified atom stereocenters. The molecule has 2 aromatic rings. The van der Waals surface area contributed by atoms with Crippen LogP contribution in [0.3, 0.4) is 0 Å². The Kier molecular flexibility index (Phi) is 6.66. The molecule has 1 atom stereocenters. The molecule has 1 aliphatic carbocycles. The zero-order valence-corrected chi connectivity index (χ0v) is 18.0. The van der Waals surface area contributed by atoms with E-state index < -0.39 is 0 Å². The van der Waals surface area contributed by atoms with Crippen LogP contribution in [-0.4, -0.2) is 54.3 Å². The quantitative estimate of drug-likeness (QED) is 0.635. The van der Waals surface area contributed by atoms with E-state index in [0.29, 0.717) is 25.5 Å². The molecule has 4 rings (SSSR count). The SMILES string of the molecule is COc1nc2c(NC(C)CC#N)c3c(nc2cc1COCCN1CCCC1)CCC3. The Hall–Kier alpha value is -2.43. The zero-order chi connectivity index (χ0) is 20.9. The lowest BCUT2D eigenvalue weighted by molar-refractivity contribution is 0.0975. The lowest BCUT2D eigenvalue weighted by Crippen LogP contribution is -2.24. The van der Waals surface area contributed by atoms with Gasteiger partial charge in [-0.15, -0.1) is 0 Å². The molecule has 7 heteroatoms. The van der Waals surface area contributed by atoms with Crippen LogP contribution in [0.4, 0.5) is 5.69 Å². The number of pyridine rings is 2. The van der Waals surface area contributed by atoms with Gasteiger partial charge in [0.2, 0.25) is 5.88 Å². The van der Waals surface area contributed by atoms with E-state index in [2.05, 4.69) is 22.4 Å². The van der Waals surface area contributed by atoms with Crippen LogP contribution in [0.25, 0.3) is 11.0 Å². The normalized spacial score (nSPS) is 17.1. The average Bonchev–Trinajstić information content (AvgIpc) is 3.42. The van der Waals surface area contributed by atoms with Gasteiger partial charge in [-0.3, -0.25) is 4.98 Å². The number of methoxy groups -OCH3 is 1. The largest absolute Gasteiger partial charge is 0.481 e. The van der Waals surface area contributed by atoms with E-state index in [9.17, 15) is 0 Å². The Balaban J connectivity index is 1.58. The summed E-state index contributed by atoms with van der Waals surface area (Å²) in [6.45, 7) is 6.53. The molecule has 30 heavy (non-hydrogen) atoms. The predicted octanol–water partition coefficient (Wildman–Crippen LogP) is 3.45. The van der Waals surface area contributed by atoms with Gasteiger partial charge in [-0.25, -0.2) is 4.98 Å². The Morgan fingerprint density at radius 1 is 1.23 bits per heavy atom. The molecular weight excluding hydrogens is 378 g/mol. The number of aromatic nitrogens is 2. The van der Waals surface area contributed by atoms with Crippen molar-refractivity contribution in [1.82, 2.24) is 14.9 Å². The van der Waals surface area contributed by atoms with Crippen molar-refractivity contribution in [3.63, 3.8) is 0 Å². The standard InChI is InChI=1S/C23H31N5O2/c1-16(8-9-24)25-21-18-6-5-7-19(18)26-20-14-17(23(29-2)27-22(20)21)15-30-13-12-28-10-3-4-11-28/h14,16H,3-8,10-13,15H2,1-2H3,(H,25,26). The van der Waals surface area contributed by atoms with Gasteiger partial charge >= 0.3 is 0 Å². The van der Waals surface area contributed by atoms with Crippen molar-refractivity contribution in [3.8, 4) is 11.9 Å². The van der Waals surface area contributed by atoms with Crippen molar-refractivity contribution < 1.29 is 9.47 Å². The number of hydrogen-bond donors (Lipinski definition) is 1. The van der Waals surface area contributed by atoms with E-state index in [4.69, 9.17) is 24.7 Å². The van der Waals surface area contributed by atoms with Crippen molar-refractivity contribution in [3.05, 3.63) is 22.9 Å². The summed E-state index contributed by atoms with van der Waals surface area (Å²) in [7, 11) is 1.65. The van der Waals surface area contributed by atoms with Crippen LogP contribution in [0.5, 0.6) is 5.88 Å². The summed E-state index contributed by atoms with van der Waals surface area (Å²) >= 11 is 0. The summed E-state index contributed by atoms with van der Waals surface area (Å²) in [5, 5.41) is 12.6. The molecule has 3 heterocycles. The van der Waals surface area contributed by atoms with Gasteiger partial charge in [-0.1, -0.05) is 0 Å². The van der Waals surface area contributed by atoms with Gasteiger partial charge < -0.3 is 19.7 Å². The molecule has 0 bridgehead atoms. The van der Waals surface area contributed by atoms with Gasteiger partial charge in [0.05, 0.1) is 44.0 Å². The number of hydrogen-bond acceptors (Lipinski definition) is 7. The van der Waals surface area contributed by atoms with Crippen molar-refractivity contribution in [1.29, 1.82) is 5.26 Å². The lowest BCUT2D eigenvalue weighted by atomic mass is 10.1. The monoisotopic (exact) mass is 409 g/mol. The smallest absolute Gasteiger partial charge is 0.219 e. The second-order valence-corrected chi connectivity index (χ2v) is 8.30. The average molecular weight is 410 g/mol. The third-order valence-corrected chi connectivity index (χ3v) is 6.01. The maximum absolute atomic E-state index is 9.06. The highest BCUT2D eigenvalue weighted by Crippen LogP contribution is 2.35. The Morgan fingerprint density at radius 3 is 2.83 bits per heavy atom. The molecule has 2 aromatic heterocycles. The minimum atomic E-state index is 0.0479. The summed E-state index contributed by atoms with van der Waals surface area (Å²) in [5.41, 5.74) is 5.99. The van der Waals surface area contributed by atoms with Gasteiger partial charge in [0.15, 0.2) is 0 Å². The van der Waals surface area contributed by atoms with E-state index in [0.717, 1.165) is 53.8 Å². The molecule has 1 saturated heterocycles. The van der Waals surface area contributed by atoms with Crippen LogP contribution in [0.2, 0.25) is 0 Å². The van der Waals surface area contributed by atoms with Gasteiger partial charge in [0.1, 0.15) is 5.52 Å². The first-order valence-corrected chi connectivity index (χ1v) is 11.0. The maximum atomic E-state index is 9.06. The van der Waals surface area contributed by atoms with Gasteiger partial charge in [-0.05, 0) is 63.7 Å². The first-order valence-electron chi connectivity index (χ1n) is 11.0. The number of aryl methyl sites for hydroxylation is 1. The molecule has 0 aromatic carbocycles. The fourth-order valence-corrected chi connectivity index (χ4v) is 4.46. The van der Waals surface area contributed by atoms with Crippen molar-refractivity contribution in [2.45, 2.75) is 58.1 Å². The number of nitrogens with one attached hydrogen (secondary N) is 1. The first kappa shape index (κ1) is 20.8. The molecule has 2 aliphatic rings. The van der Waals surface area contributed by atoms with Crippen LogP contribution < -0.4 is 10.1 Å². The predicted molar refractivity (Wildman–Crippen MR) is 117 cm³/mol. The van der Waals surface area contributed by atoms with E-state index >= 15 is 0 Å². The molecule has 0 spiro atoms. The minimum absolute atomic E-state index is 0.0479. The van der Waals surface area contributed by atoms with Crippen molar-refractivity contribution >= 4 is 16.7 Å². The molecule has 0 saturated carbocycles. The molecule has 160 valence electrons. The summed E-state index contributed by atoms with van der Waals surface area (Å²) in [6, 6.07) is 4.34. The van der Waals surface area contributed by atoms with Crippen molar-refractivity contribution in [2.24, 2.45) is 0 Å². The third-order valence-electron chi connectivity index (χ3n) is 6.01. The molecule has 1 fully saturated rings. The summed E-state index contributed by atoms with van der Waals surface area (Å²) in [5.74, 6) is 0.583. The van der Waals surface area contributed by atoms with Crippen LogP contribution in [0.15, 0.2) is 6.07 Å². The van der Waals surface area contributed by atoms with Gasteiger partial charge in [0, 0.05) is 23.8 Å². The second kappa shape index (κ2) is 9.59. The second-order valence-electron chi connectivity index (χ2n) is 8.30. The van der Waals surface area contributed by atoms with E-state index in [1.54, 1.807) is 7.11 Å².